The number of carbonyl (C=O) groups is 2. The van der Waals surface area contributed by atoms with Crippen molar-refractivity contribution >= 4 is 23.8 Å². The van der Waals surface area contributed by atoms with Crippen LogP contribution in [0, 0.1) is 17.6 Å². The first kappa shape index (κ1) is 30.2. The maximum Gasteiger partial charge on any atom is 0.511 e. The van der Waals surface area contributed by atoms with E-state index in [4.69, 9.17) is 18.9 Å². The van der Waals surface area contributed by atoms with E-state index in [0.717, 1.165) is 35.8 Å². The van der Waals surface area contributed by atoms with E-state index < -0.39 is 53.7 Å². The van der Waals surface area contributed by atoms with Crippen molar-refractivity contribution in [2.45, 2.75) is 73.6 Å². The van der Waals surface area contributed by atoms with Gasteiger partial charge in [-0.2, -0.15) is 0 Å². The van der Waals surface area contributed by atoms with Gasteiger partial charge in [-0.15, -0.1) is 11.8 Å². The molecule has 8 rings (SSSR count). The van der Waals surface area contributed by atoms with Crippen molar-refractivity contribution in [2.75, 3.05) is 25.0 Å². The molecule has 2 bridgehead atoms. The summed E-state index contributed by atoms with van der Waals surface area (Å²) in [7, 11) is 0. The lowest BCUT2D eigenvalue weighted by atomic mass is 9.71. The molecule has 6 heterocycles. The molecule has 47 heavy (non-hydrogen) atoms. The van der Waals surface area contributed by atoms with Crippen molar-refractivity contribution in [1.82, 2.24) is 9.58 Å². The number of thioether (sulfide) groups is 1. The standard InChI is InChI=1S/C34H33F2N3O7S/c1-2-15-43-33(42)45-18-44-30-25(40)10-13-38-29(30)32(41)37-14-12-34-11-9-19(46-34)16-23(34)31(37)39(38)28-20-7-8-24(35)27(36)22(20)17-47-26-6-4-3-5-21(26)28/h3-8,10,13,19,23,28,31H,2,9,11-12,14-18H2,1H3/t19-,23+,28-,31+,34-/m0/s1. The molecule has 5 aliphatic heterocycles. The Labute approximate surface area is 273 Å². The predicted molar refractivity (Wildman–Crippen MR) is 166 cm³/mol. The molecule has 246 valence electrons. The molecule has 0 saturated carbocycles. The van der Waals surface area contributed by atoms with Crippen LogP contribution in [0.15, 0.2) is 58.4 Å². The molecular weight excluding hydrogens is 632 g/mol. The van der Waals surface area contributed by atoms with Gasteiger partial charge in [0.05, 0.1) is 24.4 Å². The SMILES string of the molecule is CCCOC(=O)OCOc1c2n(ccc1=O)N([C@@H]1c3ccccc3SCc3c1ccc(F)c3F)[C@@H]1[C@H]3C[C@@H]4CC[C@@]3(CCN1C2=O)O4. The number of fused-ring (bicyclic) bond motifs is 6. The summed E-state index contributed by atoms with van der Waals surface area (Å²) in [6.07, 6.45) is 3.92. The van der Waals surface area contributed by atoms with Crippen LogP contribution in [0.3, 0.4) is 0 Å². The highest BCUT2D eigenvalue weighted by atomic mass is 32.2. The fourth-order valence-electron chi connectivity index (χ4n) is 8.15. The largest absolute Gasteiger partial charge is 0.511 e. The summed E-state index contributed by atoms with van der Waals surface area (Å²) in [5, 5.41) is 2.02. The van der Waals surface area contributed by atoms with E-state index in [-0.39, 0.29) is 41.4 Å². The summed E-state index contributed by atoms with van der Waals surface area (Å²) < 4.78 is 54.3. The second kappa shape index (κ2) is 11.6. The third-order valence-electron chi connectivity index (χ3n) is 10.1. The van der Waals surface area contributed by atoms with Crippen LogP contribution < -0.4 is 15.2 Å². The second-order valence-electron chi connectivity index (χ2n) is 12.6. The normalized spacial score (nSPS) is 26.8. The van der Waals surface area contributed by atoms with E-state index in [9.17, 15) is 18.8 Å². The summed E-state index contributed by atoms with van der Waals surface area (Å²) in [5.41, 5.74) is 0.631. The number of rotatable bonds is 6. The molecule has 5 atom stereocenters. The van der Waals surface area contributed by atoms with Gasteiger partial charge in [0, 0.05) is 40.9 Å². The number of benzene rings is 2. The van der Waals surface area contributed by atoms with Gasteiger partial charge in [-0.3, -0.25) is 19.3 Å². The van der Waals surface area contributed by atoms with Crippen molar-refractivity contribution in [1.29, 1.82) is 0 Å². The van der Waals surface area contributed by atoms with Crippen LogP contribution >= 0.6 is 11.8 Å². The fourth-order valence-corrected chi connectivity index (χ4v) is 9.27. The smallest absolute Gasteiger partial charge is 0.451 e. The van der Waals surface area contributed by atoms with Crippen molar-refractivity contribution < 1.29 is 37.3 Å². The Morgan fingerprint density at radius 1 is 1.09 bits per heavy atom. The molecule has 1 spiro atoms. The number of hydrogen-bond acceptors (Lipinski definition) is 9. The van der Waals surface area contributed by atoms with Crippen LogP contribution in [0.2, 0.25) is 0 Å². The average Bonchev–Trinajstić information content (AvgIpc) is 3.61. The number of amides is 1. The quantitative estimate of drug-likeness (QED) is 0.250. The van der Waals surface area contributed by atoms with Crippen LogP contribution in [0.4, 0.5) is 13.6 Å². The number of halogens is 2. The van der Waals surface area contributed by atoms with E-state index >= 15 is 4.39 Å². The zero-order valence-corrected chi connectivity index (χ0v) is 26.5. The first-order valence-electron chi connectivity index (χ1n) is 15.9. The van der Waals surface area contributed by atoms with E-state index in [1.807, 2.05) is 36.2 Å². The third kappa shape index (κ3) is 4.72. The molecular formula is C34H33F2N3O7S. The highest BCUT2D eigenvalue weighted by Crippen LogP contribution is 2.57. The molecule has 0 unspecified atom stereocenters. The Hall–Kier alpha value is -4.10. The molecule has 3 aromatic rings. The van der Waals surface area contributed by atoms with Gasteiger partial charge in [-0.1, -0.05) is 31.2 Å². The van der Waals surface area contributed by atoms with Gasteiger partial charge in [0.15, 0.2) is 17.3 Å². The number of aromatic nitrogens is 1. The Morgan fingerprint density at radius 2 is 1.94 bits per heavy atom. The van der Waals surface area contributed by atoms with Crippen LogP contribution in [-0.4, -0.2) is 59.5 Å². The number of nitrogens with zero attached hydrogens (tertiary/aromatic N) is 3. The van der Waals surface area contributed by atoms with Crippen LogP contribution in [0.5, 0.6) is 5.75 Å². The third-order valence-corrected chi connectivity index (χ3v) is 11.3. The second-order valence-corrected chi connectivity index (χ2v) is 13.6. The molecule has 2 aromatic carbocycles. The van der Waals surface area contributed by atoms with E-state index in [2.05, 4.69) is 0 Å². The molecule has 3 fully saturated rings. The van der Waals surface area contributed by atoms with Crippen LogP contribution in [0.25, 0.3) is 0 Å². The fraction of sp³-hybridized carbons (Fsp3) is 0.441. The first-order chi connectivity index (χ1) is 22.8. The van der Waals surface area contributed by atoms with Crippen LogP contribution in [-0.2, 0) is 20.0 Å². The van der Waals surface area contributed by atoms with Crippen LogP contribution in [0.1, 0.15) is 72.2 Å². The number of pyridine rings is 1. The van der Waals surface area contributed by atoms with Crippen molar-refractivity contribution in [3.05, 3.63) is 92.9 Å². The lowest BCUT2D eigenvalue weighted by molar-refractivity contribution is -0.0758. The summed E-state index contributed by atoms with van der Waals surface area (Å²) >= 11 is 1.43. The van der Waals surface area contributed by atoms with Crippen molar-refractivity contribution in [3.8, 4) is 5.75 Å². The van der Waals surface area contributed by atoms with E-state index in [1.54, 1.807) is 15.6 Å². The topological polar surface area (TPSA) is 99.5 Å². The average molecular weight is 666 g/mol. The van der Waals surface area contributed by atoms with E-state index in [0.29, 0.717) is 24.9 Å². The molecule has 0 N–H and O–H groups in total. The molecule has 5 aliphatic rings. The number of piperidine rings is 1. The molecule has 3 saturated heterocycles. The van der Waals surface area contributed by atoms with Gasteiger partial charge in [0.1, 0.15) is 6.17 Å². The van der Waals surface area contributed by atoms with Gasteiger partial charge in [-0.05, 0) is 55.4 Å². The maximum atomic E-state index is 15.6. The lowest BCUT2D eigenvalue weighted by Crippen LogP contribution is -2.70. The minimum Gasteiger partial charge on any atom is -0.451 e. The molecule has 1 aromatic heterocycles. The molecule has 13 heteroatoms. The Bertz CT molecular complexity index is 1840. The Balaban J connectivity index is 1.32. The Morgan fingerprint density at radius 3 is 2.77 bits per heavy atom. The molecule has 0 radical (unpaired) electrons. The predicted octanol–water partition coefficient (Wildman–Crippen LogP) is 5.48. The highest BCUT2D eigenvalue weighted by molar-refractivity contribution is 7.98. The molecule has 10 nitrogen and oxygen atoms in total. The monoisotopic (exact) mass is 665 g/mol. The van der Waals surface area contributed by atoms with Gasteiger partial charge in [-0.25, -0.2) is 13.6 Å². The molecule has 0 aliphatic carbocycles. The minimum absolute atomic E-state index is 0.0437. The maximum absolute atomic E-state index is 15.6. The van der Waals surface area contributed by atoms with Gasteiger partial charge >= 0.3 is 6.16 Å². The van der Waals surface area contributed by atoms with Gasteiger partial charge < -0.3 is 23.8 Å². The van der Waals surface area contributed by atoms with Crippen molar-refractivity contribution in [2.24, 2.45) is 5.92 Å². The lowest BCUT2D eigenvalue weighted by Gasteiger charge is -2.57. The number of ether oxygens (including phenoxy) is 4. The Kier molecular flexibility index (Phi) is 7.43. The number of hydrogen-bond donors (Lipinski definition) is 0. The summed E-state index contributed by atoms with van der Waals surface area (Å²) in [6.45, 7) is 1.71. The number of carbonyl (C=O) groups excluding carboxylic acids is 2. The first-order valence-corrected chi connectivity index (χ1v) is 16.9. The molecule has 1 amide bonds. The summed E-state index contributed by atoms with van der Waals surface area (Å²) in [5.74, 6) is -2.40. The van der Waals surface area contributed by atoms with Gasteiger partial charge in [0.25, 0.3) is 5.91 Å². The van der Waals surface area contributed by atoms with Crippen molar-refractivity contribution in [3.63, 3.8) is 0 Å². The summed E-state index contributed by atoms with van der Waals surface area (Å²) in [4.78, 5) is 42.5. The highest BCUT2D eigenvalue weighted by Gasteiger charge is 2.63. The zero-order valence-electron chi connectivity index (χ0n) is 25.7. The minimum atomic E-state index is -0.958. The summed E-state index contributed by atoms with van der Waals surface area (Å²) in [6, 6.07) is 11.1. The van der Waals surface area contributed by atoms with Gasteiger partial charge in [0.2, 0.25) is 18.0 Å². The van der Waals surface area contributed by atoms with E-state index in [1.165, 1.54) is 24.0 Å². The zero-order chi connectivity index (χ0) is 32.4.